The second-order valence-electron chi connectivity index (χ2n) is 8.00. The van der Waals surface area contributed by atoms with Crippen LogP contribution in [0.2, 0.25) is 0 Å². The summed E-state index contributed by atoms with van der Waals surface area (Å²) >= 11 is 1.66. The number of rotatable bonds is 6. The number of urea groups is 1. The van der Waals surface area contributed by atoms with E-state index >= 15 is 0 Å². The standard InChI is InChI=1S/C26H28N4O3S/c1-4-33-22-10-8-19(9-11-22)16-27-24(31)20-6-5-7-21(15-20)29-26(32)30-12-13-34-25-23(30)17(2)14-18(3)28-25/h5-11,14-15H,4,12-13,16H2,1-3H3,(H,27,31)(H,29,32). The molecule has 3 amide bonds. The predicted molar refractivity (Wildman–Crippen MR) is 136 cm³/mol. The molecule has 34 heavy (non-hydrogen) atoms. The lowest BCUT2D eigenvalue weighted by molar-refractivity contribution is 0.0951. The van der Waals surface area contributed by atoms with Crippen LogP contribution >= 0.6 is 11.8 Å². The van der Waals surface area contributed by atoms with E-state index in [0.717, 1.165) is 39.0 Å². The van der Waals surface area contributed by atoms with Gasteiger partial charge in [-0.05, 0) is 68.3 Å². The highest BCUT2D eigenvalue weighted by Crippen LogP contribution is 2.36. The molecule has 176 valence electrons. The number of ether oxygens (including phenoxy) is 1. The number of carbonyl (C=O) groups is 2. The quantitative estimate of drug-likeness (QED) is 0.513. The zero-order valence-electron chi connectivity index (χ0n) is 19.6. The van der Waals surface area contributed by atoms with E-state index in [1.807, 2.05) is 51.1 Å². The molecule has 0 bridgehead atoms. The van der Waals surface area contributed by atoms with Crippen LogP contribution in [0.15, 0.2) is 59.6 Å². The van der Waals surface area contributed by atoms with Gasteiger partial charge in [-0.15, -0.1) is 11.8 Å². The van der Waals surface area contributed by atoms with Crippen LogP contribution in [0.5, 0.6) is 5.75 Å². The zero-order chi connectivity index (χ0) is 24.1. The van der Waals surface area contributed by atoms with Crippen molar-refractivity contribution in [1.29, 1.82) is 0 Å². The molecule has 1 aliphatic rings. The van der Waals surface area contributed by atoms with Gasteiger partial charge in [0.1, 0.15) is 10.8 Å². The number of nitrogens with zero attached hydrogens (tertiary/aromatic N) is 2. The fourth-order valence-corrected chi connectivity index (χ4v) is 4.94. The van der Waals surface area contributed by atoms with Crippen LogP contribution < -0.4 is 20.3 Å². The molecule has 0 atom stereocenters. The molecule has 0 fully saturated rings. The van der Waals surface area contributed by atoms with E-state index in [1.165, 1.54) is 0 Å². The molecule has 1 aromatic heterocycles. The summed E-state index contributed by atoms with van der Waals surface area (Å²) in [5.41, 5.74) is 4.83. The summed E-state index contributed by atoms with van der Waals surface area (Å²) in [6, 6.07) is 16.3. The van der Waals surface area contributed by atoms with Crippen LogP contribution in [0.4, 0.5) is 16.2 Å². The van der Waals surface area contributed by atoms with Crippen molar-refractivity contribution in [3.05, 3.63) is 77.0 Å². The van der Waals surface area contributed by atoms with Gasteiger partial charge in [0.05, 0.1) is 12.3 Å². The molecule has 0 saturated carbocycles. The van der Waals surface area contributed by atoms with E-state index in [1.54, 1.807) is 40.9 Å². The summed E-state index contributed by atoms with van der Waals surface area (Å²) in [5, 5.41) is 6.74. The molecule has 0 aliphatic carbocycles. The molecular formula is C26H28N4O3S. The SMILES string of the molecule is CCOc1ccc(CNC(=O)c2cccc(NC(=O)N3CCSc4nc(C)cc(C)c43)c2)cc1. The third-order valence-corrected chi connectivity index (χ3v) is 6.36. The fraction of sp³-hybridized carbons (Fsp3) is 0.269. The monoisotopic (exact) mass is 476 g/mol. The summed E-state index contributed by atoms with van der Waals surface area (Å²) in [5.74, 6) is 1.38. The summed E-state index contributed by atoms with van der Waals surface area (Å²) in [4.78, 5) is 32.1. The van der Waals surface area contributed by atoms with Gasteiger partial charge in [0.2, 0.25) is 0 Å². The van der Waals surface area contributed by atoms with Crippen LogP contribution in [0.1, 0.15) is 34.1 Å². The van der Waals surface area contributed by atoms with Gasteiger partial charge in [-0.1, -0.05) is 18.2 Å². The van der Waals surface area contributed by atoms with Crippen molar-refractivity contribution in [3.63, 3.8) is 0 Å². The smallest absolute Gasteiger partial charge is 0.326 e. The summed E-state index contributed by atoms with van der Waals surface area (Å²) < 4.78 is 5.45. The average molecular weight is 477 g/mol. The third kappa shape index (κ3) is 5.51. The van der Waals surface area contributed by atoms with Crippen molar-refractivity contribution in [3.8, 4) is 5.75 Å². The lowest BCUT2D eigenvalue weighted by Crippen LogP contribution is -2.39. The Morgan fingerprint density at radius 2 is 1.91 bits per heavy atom. The first-order valence-electron chi connectivity index (χ1n) is 11.2. The minimum atomic E-state index is -0.234. The Kier molecular flexibility index (Phi) is 7.37. The lowest BCUT2D eigenvalue weighted by Gasteiger charge is -2.30. The number of carbonyl (C=O) groups excluding carboxylic acids is 2. The third-order valence-electron chi connectivity index (χ3n) is 5.41. The van der Waals surface area contributed by atoms with Gasteiger partial charge in [-0.2, -0.15) is 0 Å². The number of benzene rings is 2. The predicted octanol–water partition coefficient (Wildman–Crippen LogP) is 5.17. The Balaban J connectivity index is 1.41. The van der Waals surface area contributed by atoms with Gasteiger partial charge in [0.15, 0.2) is 0 Å². The molecule has 2 heterocycles. The van der Waals surface area contributed by atoms with Crippen LogP contribution in [-0.2, 0) is 6.54 Å². The number of hydrogen-bond acceptors (Lipinski definition) is 5. The second-order valence-corrected chi connectivity index (χ2v) is 9.09. The number of hydrogen-bond donors (Lipinski definition) is 2. The highest BCUT2D eigenvalue weighted by molar-refractivity contribution is 7.99. The van der Waals surface area contributed by atoms with Crippen LogP contribution in [0, 0.1) is 13.8 Å². The molecule has 0 spiro atoms. The van der Waals surface area contributed by atoms with Crippen LogP contribution in [-0.4, -0.2) is 35.8 Å². The first-order chi connectivity index (χ1) is 16.4. The Morgan fingerprint density at radius 3 is 2.68 bits per heavy atom. The number of anilines is 2. The molecule has 0 radical (unpaired) electrons. The van der Waals surface area contributed by atoms with E-state index in [9.17, 15) is 9.59 Å². The van der Waals surface area contributed by atoms with Crippen molar-refractivity contribution in [2.24, 2.45) is 0 Å². The van der Waals surface area contributed by atoms with Gasteiger partial charge < -0.3 is 15.4 Å². The van der Waals surface area contributed by atoms with Gasteiger partial charge in [-0.3, -0.25) is 9.69 Å². The number of aryl methyl sites for hydroxylation is 2. The van der Waals surface area contributed by atoms with Gasteiger partial charge in [0.25, 0.3) is 5.91 Å². The van der Waals surface area contributed by atoms with Crippen molar-refractivity contribution in [2.45, 2.75) is 32.3 Å². The lowest BCUT2D eigenvalue weighted by atomic mass is 10.1. The molecule has 2 aromatic carbocycles. The number of amides is 3. The number of nitrogens with one attached hydrogen (secondary N) is 2. The van der Waals surface area contributed by atoms with E-state index in [4.69, 9.17) is 4.74 Å². The first kappa shape index (κ1) is 23.6. The van der Waals surface area contributed by atoms with E-state index in [0.29, 0.717) is 30.9 Å². The first-order valence-corrected chi connectivity index (χ1v) is 12.2. The maximum absolute atomic E-state index is 13.1. The summed E-state index contributed by atoms with van der Waals surface area (Å²) in [6.45, 7) is 7.50. The number of thioether (sulfide) groups is 1. The maximum atomic E-state index is 13.1. The molecule has 0 unspecified atom stereocenters. The second kappa shape index (κ2) is 10.6. The molecular weight excluding hydrogens is 448 g/mol. The number of pyridine rings is 1. The molecule has 1 aliphatic heterocycles. The average Bonchev–Trinajstić information content (AvgIpc) is 2.83. The van der Waals surface area contributed by atoms with Crippen molar-refractivity contribution >= 4 is 35.1 Å². The van der Waals surface area contributed by atoms with E-state index in [-0.39, 0.29) is 11.9 Å². The summed E-state index contributed by atoms with van der Waals surface area (Å²) in [6.07, 6.45) is 0. The Morgan fingerprint density at radius 1 is 1.12 bits per heavy atom. The highest BCUT2D eigenvalue weighted by Gasteiger charge is 2.26. The maximum Gasteiger partial charge on any atom is 0.326 e. The minimum Gasteiger partial charge on any atom is -0.494 e. The van der Waals surface area contributed by atoms with Gasteiger partial charge in [-0.25, -0.2) is 9.78 Å². The Labute approximate surface area is 203 Å². The number of aromatic nitrogens is 1. The molecule has 0 saturated heterocycles. The summed E-state index contributed by atoms with van der Waals surface area (Å²) in [7, 11) is 0. The van der Waals surface area contributed by atoms with Crippen LogP contribution in [0.3, 0.4) is 0 Å². The normalized spacial score (nSPS) is 12.6. The van der Waals surface area contributed by atoms with Gasteiger partial charge >= 0.3 is 6.03 Å². The van der Waals surface area contributed by atoms with Crippen molar-refractivity contribution in [2.75, 3.05) is 29.1 Å². The Bertz CT molecular complexity index is 1200. The molecule has 4 rings (SSSR count). The zero-order valence-corrected chi connectivity index (χ0v) is 20.4. The topological polar surface area (TPSA) is 83.6 Å². The highest BCUT2D eigenvalue weighted by atomic mass is 32.2. The van der Waals surface area contributed by atoms with Crippen molar-refractivity contribution in [1.82, 2.24) is 10.3 Å². The fourth-order valence-electron chi connectivity index (χ4n) is 3.86. The number of fused-ring (bicyclic) bond motifs is 1. The Hall–Kier alpha value is -3.52. The largest absolute Gasteiger partial charge is 0.494 e. The van der Waals surface area contributed by atoms with Crippen molar-refractivity contribution < 1.29 is 14.3 Å². The van der Waals surface area contributed by atoms with E-state index < -0.39 is 0 Å². The molecule has 7 nitrogen and oxygen atoms in total. The molecule has 2 N–H and O–H groups in total. The molecule has 8 heteroatoms. The van der Waals surface area contributed by atoms with Gasteiger partial charge in [0, 0.05) is 35.8 Å². The minimum absolute atomic E-state index is 0.208. The van der Waals surface area contributed by atoms with Crippen LogP contribution in [0.25, 0.3) is 0 Å². The van der Waals surface area contributed by atoms with E-state index in [2.05, 4.69) is 15.6 Å². The molecule has 3 aromatic rings.